The molecule has 18 heavy (non-hydrogen) atoms. The van der Waals surface area contributed by atoms with Crippen LogP contribution in [0.2, 0.25) is 0 Å². The van der Waals surface area contributed by atoms with Gasteiger partial charge in [0, 0.05) is 16.1 Å². The van der Waals surface area contributed by atoms with E-state index in [9.17, 15) is 9.90 Å². The molecule has 1 atom stereocenters. The zero-order chi connectivity index (χ0) is 13.9. The number of aliphatic carboxylic acids is 1. The van der Waals surface area contributed by atoms with E-state index in [0.29, 0.717) is 22.2 Å². The number of phenolic OH excluding ortho intramolecular Hbond substituents is 1. The van der Waals surface area contributed by atoms with Crippen LogP contribution >= 0.6 is 15.9 Å². The van der Waals surface area contributed by atoms with Crippen LogP contribution in [0, 0.1) is 0 Å². The fourth-order valence-corrected chi connectivity index (χ4v) is 2.62. The van der Waals surface area contributed by atoms with Crippen LogP contribution in [0.25, 0.3) is 0 Å². The standard InChI is InChI=1S/C12H16BrNO4/c1-3-6-4-8(18-2)12(17)10(11(6)13)7(14)5-9(15)16/h4,7,17H,3,5,14H2,1-2H3,(H,15,16). The van der Waals surface area contributed by atoms with Crippen LogP contribution in [-0.2, 0) is 11.2 Å². The van der Waals surface area contributed by atoms with Crippen LogP contribution in [0.15, 0.2) is 10.5 Å². The predicted octanol–water partition coefficient (Wildman–Crippen LogP) is 2.20. The van der Waals surface area contributed by atoms with E-state index in [4.69, 9.17) is 15.6 Å². The minimum atomic E-state index is -1.02. The number of carbonyl (C=O) groups is 1. The summed E-state index contributed by atoms with van der Waals surface area (Å²) in [4.78, 5) is 10.7. The van der Waals surface area contributed by atoms with E-state index in [2.05, 4.69) is 15.9 Å². The van der Waals surface area contributed by atoms with Gasteiger partial charge < -0.3 is 20.7 Å². The molecule has 0 aliphatic rings. The summed E-state index contributed by atoms with van der Waals surface area (Å²) in [5.41, 5.74) is 7.09. The van der Waals surface area contributed by atoms with Crippen LogP contribution in [-0.4, -0.2) is 23.3 Å². The van der Waals surface area contributed by atoms with E-state index in [0.717, 1.165) is 5.56 Å². The molecule has 0 spiro atoms. The lowest BCUT2D eigenvalue weighted by Gasteiger charge is -2.18. The van der Waals surface area contributed by atoms with Gasteiger partial charge >= 0.3 is 5.97 Å². The second-order valence-corrected chi connectivity index (χ2v) is 4.67. The molecule has 6 heteroatoms. The summed E-state index contributed by atoms with van der Waals surface area (Å²) < 4.78 is 5.70. The van der Waals surface area contributed by atoms with Crippen molar-refractivity contribution in [2.75, 3.05) is 7.11 Å². The van der Waals surface area contributed by atoms with Crippen molar-refractivity contribution in [2.45, 2.75) is 25.8 Å². The van der Waals surface area contributed by atoms with Gasteiger partial charge in [0.2, 0.25) is 0 Å². The van der Waals surface area contributed by atoms with E-state index in [1.54, 1.807) is 6.07 Å². The Morgan fingerprint density at radius 2 is 2.22 bits per heavy atom. The topological polar surface area (TPSA) is 92.8 Å². The number of aromatic hydroxyl groups is 1. The number of halogens is 1. The molecule has 0 amide bonds. The maximum Gasteiger partial charge on any atom is 0.305 e. The molecule has 4 N–H and O–H groups in total. The summed E-state index contributed by atoms with van der Waals surface area (Å²) in [6, 6.07) is 0.911. The van der Waals surface area contributed by atoms with Crippen molar-refractivity contribution >= 4 is 21.9 Å². The second kappa shape index (κ2) is 6.06. The third-order valence-corrected chi connectivity index (χ3v) is 3.61. The molecule has 1 aromatic rings. The van der Waals surface area contributed by atoms with Gasteiger partial charge in [-0.1, -0.05) is 22.9 Å². The molecule has 0 saturated carbocycles. The Balaban J connectivity index is 3.35. The molecule has 0 aliphatic heterocycles. The number of methoxy groups -OCH3 is 1. The van der Waals surface area contributed by atoms with Gasteiger partial charge in [0.25, 0.3) is 0 Å². The van der Waals surface area contributed by atoms with E-state index >= 15 is 0 Å². The minimum Gasteiger partial charge on any atom is -0.504 e. The van der Waals surface area contributed by atoms with Gasteiger partial charge in [-0.15, -0.1) is 0 Å². The number of aryl methyl sites for hydroxylation is 1. The quantitative estimate of drug-likeness (QED) is 0.774. The van der Waals surface area contributed by atoms with Crippen molar-refractivity contribution in [2.24, 2.45) is 5.73 Å². The highest BCUT2D eigenvalue weighted by atomic mass is 79.9. The smallest absolute Gasteiger partial charge is 0.305 e. The van der Waals surface area contributed by atoms with Gasteiger partial charge in [0.05, 0.1) is 13.5 Å². The fraction of sp³-hybridized carbons (Fsp3) is 0.417. The molecular weight excluding hydrogens is 302 g/mol. The van der Waals surface area contributed by atoms with Crippen LogP contribution in [0.4, 0.5) is 0 Å². The third kappa shape index (κ3) is 2.94. The van der Waals surface area contributed by atoms with Crippen molar-refractivity contribution in [1.82, 2.24) is 0 Å². The van der Waals surface area contributed by atoms with Crippen molar-refractivity contribution < 1.29 is 19.7 Å². The predicted molar refractivity (Wildman–Crippen MR) is 70.9 cm³/mol. The van der Waals surface area contributed by atoms with E-state index in [1.807, 2.05) is 6.92 Å². The monoisotopic (exact) mass is 317 g/mol. The largest absolute Gasteiger partial charge is 0.504 e. The van der Waals surface area contributed by atoms with Crippen molar-refractivity contribution in [1.29, 1.82) is 0 Å². The van der Waals surface area contributed by atoms with E-state index < -0.39 is 12.0 Å². The highest BCUT2D eigenvalue weighted by Crippen LogP contribution is 2.41. The highest BCUT2D eigenvalue weighted by Gasteiger charge is 2.22. The lowest BCUT2D eigenvalue weighted by atomic mass is 9.99. The first-order valence-electron chi connectivity index (χ1n) is 5.47. The zero-order valence-corrected chi connectivity index (χ0v) is 11.8. The van der Waals surface area contributed by atoms with Crippen molar-refractivity contribution in [3.05, 3.63) is 21.7 Å². The van der Waals surface area contributed by atoms with Gasteiger partial charge in [0.15, 0.2) is 11.5 Å². The Morgan fingerprint density at radius 1 is 1.61 bits per heavy atom. The molecule has 0 bridgehead atoms. The van der Waals surface area contributed by atoms with Gasteiger partial charge in [-0.3, -0.25) is 4.79 Å². The summed E-state index contributed by atoms with van der Waals surface area (Å²) in [5, 5.41) is 18.8. The number of hydrogen-bond donors (Lipinski definition) is 3. The third-order valence-electron chi connectivity index (χ3n) is 2.68. The van der Waals surface area contributed by atoms with Gasteiger partial charge in [-0.25, -0.2) is 0 Å². The molecule has 0 saturated heterocycles. The summed E-state index contributed by atoms with van der Waals surface area (Å²) in [6.07, 6.45) is 0.451. The molecule has 0 fully saturated rings. The lowest BCUT2D eigenvalue weighted by molar-refractivity contribution is -0.137. The number of phenols is 1. The zero-order valence-electron chi connectivity index (χ0n) is 10.2. The summed E-state index contributed by atoms with van der Waals surface area (Å²) in [6.45, 7) is 1.95. The molecule has 0 aromatic heterocycles. The molecule has 0 radical (unpaired) electrons. The maximum absolute atomic E-state index is 10.7. The highest BCUT2D eigenvalue weighted by molar-refractivity contribution is 9.10. The van der Waals surface area contributed by atoms with Crippen molar-refractivity contribution in [3.8, 4) is 11.5 Å². The summed E-state index contributed by atoms with van der Waals surface area (Å²) >= 11 is 3.36. The summed E-state index contributed by atoms with van der Waals surface area (Å²) in [7, 11) is 1.44. The Hall–Kier alpha value is -1.27. The van der Waals surface area contributed by atoms with Gasteiger partial charge in [-0.2, -0.15) is 0 Å². The number of carboxylic acids is 1. The first kappa shape index (κ1) is 14.8. The van der Waals surface area contributed by atoms with Gasteiger partial charge in [-0.05, 0) is 18.1 Å². The van der Waals surface area contributed by atoms with Crippen LogP contribution in [0.3, 0.4) is 0 Å². The number of ether oxygens (including phenoxy) is 1. The molecule has 1 aromatic carbocycles. The van der Waals surface area contributed by atoms with Crippen LogP contribution in [0.5, 0.6) is 11.5 Å². The molecule has 0 heterocycles. The Kier molecular flexibility index (Phi) is 4.98. The average molecular weight is 318 g/mol. The Morgan fingerprint density at radius 3 is 2.67 bits per heavy atom. The minimum absolute atomic E-state index is 0.115. The lowest BCUT2D eigenvalue weighted by Crippen LogP contribution is -2.16. The normalized spacial score (nSPS) is 12.2. The molecule has 1 unspecified atom stereocenters. The fourth-order valence-electron chi connectivity index (χ4n) is 1.74. The van der Waals surface area contributed by atoms with Crippen LogP contribution in [0.1, 0.15) is 30.5 Å². The number of carboxylic acid groups (broad SMARTS) is 1. The molecule has 1 rings (SSSR count). The van der Waals surface area contributed by atoms with Gasteiger partial charge in [0.1, 0.15) is 0 Å². The first-order chi connectivity index (χ1) is 8.42. The molecule has 0 aliphatic carbocycles. The Labute approximate surface area is 114 Å². The first-order valence-corrected chi connectivity index (χ1v) is 6.27. The second-order valence-electron chi connectivity index (χ2n) is 3.87. The SMILES string of the molecule is CCc1cc(OC)c(O)c(C(N)CC(=O)O)c1Br. The average Bonchev–Trinajstić information content (AvgIpc) is 2.28. The molecule has 5 nitrogen and oxygen atoms in total. The van der Waals surface area contributed by atoms with E-state index in [-0.39, 0.29) is 12.2 Å². The van der Waals surface area contributed by atoms with Crippen LogP contribution < -0.4 is 10.5 Å². The number of benzene rings is 1. The number of rotatable bonds is 5. The molecular formula is C12H16BrNO4. The number of nitrogens with two attached hydrogens (primary N) is 1. The van der Waals surface area contributed by atoms with E-state index in [1.165, 1.54) is 7.11 Å². The number of hydrogen-bond acceptors (Lipinski definition) is 4. The molecule has 100 valence electrons. The van der Waals surface area contributed by atoms with Crippen molar-refractivity contribution in [3.63, 3.8) is 0 Å². The maximum atomic E-state index is 10.7. The summed E-state index contributed by atoms with van der Waals surface area (Å²) in [5.74, 6) is -0.837. The Bertz CT molecular complexity index is 434.